The number of nitrogens with one attached hydrogen (secondary N) is 1. The van der Waals surface area contributed by atoms with E-state index in [1.54, 1.807) is 12.2 Å². The van der Waals surface area contributed by atoms with Gasteiger partial charge in [-0.25, -0.2) is 4.79 Å². The Kier molecular flexibility index (Phi) is 8.02. The fourth-order valence-corrected chi connectivity index (χ4v) is 0.856. The SMILES string of the molecule is C=C/C(=C\C=C/C)Oc1cnc(=O)[nH]c1.CC. The fourth-order valence-electron chi connectivity index (χ4n) is 0.856. The van der Waals surface area contributed by atoms with E-state index in [1.165, 1.54) is 12.4 Å². The number of aromatic nitrogens is 2. The van der Waals surface area contributed by atoms with Gasteiger partial charge in [0.2, 0.25) is 0 Å². The summed E-state index contributed by atoms with van der Waals surface area (Å²) in [5, 5.41) is 0. The highest BCUT2D eigenvalue weighted by Gasteiger charge is 1.96. The Morgan fingerprint density at radius 3 is 2.71 bits per heavy atom. The number of nitrogens with zero attached hydrogens (tertiary/aromatic N) is 1. The van der Waals surface area contributed by atoms with Gasteiger partial charge in [-0.3, -0.25) is 0 Å². The minimum absolute atomic E-state index is 0.403. The van der Waals surface area contributed by atoms with Crippen molar-refractivity contribution in [2.24, 2.45) is 0 Å². The smallest absolute Gasteiger partial charge is 0.345 e. The lowest BCUT2D eigenvalue weighted by Gasteiger charge is -2.03. The van der Waals surface area contributed by atoms with E-state index in [4.69, 9.17) is 4.74 Å². The van der Waals surface area contributed by atoms with Crippen molar-refractivity contribution in [1.29, 1.82) is 0 Å². The van der Waals surface area contributed by atoms with Gasteiger partial charge in [0.05, 0.1) is 12.4 Å². The second kappa shape index (κ2) is 9.15. The van der Waals surface area contributed by atoms with Crippen molar-refractivity contribution in [2.45, 2.75) is 20.8 Å². The summed E-state index contributed by atoms with van der Waals surface area (Å²) >= 11 is 0. The van der Waals surface area contributed by atoms with Gasteiger partial charge < -0.3 is 9.72 Å². The van der Waals surface area contributed by atoms with Crippen LogP contribution in [0, 0.1) is 0 Å². The Balaban J connectivity index is 0.00000121. The molecule has 1 aromatic heterocycles. The summed E-state index contributed by atoms with van der Waals surface area (Å²) in [6, 6.07) is 0. The van der Waals surface area contributed by atoms with Crippen molar-refractivity contribution in [3.8, 4) is 5.75 Å². The quantitative estimate of drug-likeness (QED) is 0.643. The first-order valence-corrected chi connectivity index (χ1v) is 5.44. The minimum atomic E-state index is -0.403. The highest BCUT2D eigenvalue weighted by Crippen LogP contribution is 2.09. The first-order chi connectivity index (χ1) is 8.26. The minimum Gasteiger partial charge on any atom is -0.454 e. The van der Waals surface area contributed by atoms with Crippen molar-refractivity contribution >= 4 is 0 Å². The van der Waals surface area contributed by atoms with E-state index in [-0.39, 0.29) is 0 Å². The van der Waals surface area contributed by atoms with Gasteiger partial charge in [0, 0.05) is 0 Å². The highest BCUT2D eigenvalue weighted by atomic mass is 16.5. The van der Waals surface area contributed by atoms with Crippen LogP contribution in [0.15, 0.2) is 53.8 Å². The van der Waals surface area contributed by atoms with Gasteiger partial charge in [0.15, 0.2) is 5.75 Å². The number of aromatic amines is 1. The van der Waals surface area contributed by atoms with Crippen LogP contribution < -0.4 is 10.4 Å². The van der Waals surface area contributed by atoms with Gasteiger partial charge in [-0.15, -0.1) is 0 Å². The Morgan fingerprint density at radius 2 is 2.24 bits per heavy atom. The monoisotopic (exact) mass is 234 g/mol. The number of allylic oxidation sites excluding steroid dienone is 4. The maximum atomic E-state index is 10.7. The molecule has 1 rings (SSSR count). The van der Waals surface area contributed by atoms with Crippen LogP contribution in [-0.4, -0.2) is 9.97 Å². The van der Waals surface area contributed by atoms with E-state index in [9.17, 15) is 4.79 Å². The topological polar surface area (TPSA) is 55.0 Å². The van der Waals surface area contributed by atoms with E-state index in [2.05, 4.69) is 16.5 Å². The zero-order valence-corrected chi connectivity index (χ0v) is 10.4. The van der Waals surface area contributed by atoms with Gasteiger partial charge in [0.25, 0.3) is 0 Å². The van der Waals surface area contributed by atoms with Crippen molar-refractivity contribution in [1.82, 2.24) is 9.97 Å². The number of H-pyrrole nitrogens is 1. The molecular formula is C13H18N2O2. The normalized spacial score (nSPS) is 10.6. The number of hydrogen-bond acceptors (Lipinski definition) is 3. The molecule has 17 heavy (non-hydrogen) atoms. The second-order valence-electron chi connectivity index (χ2n) is 2.66. The van der Waals surface area contributed by atoms with Gasteiger partial charge in [0.1, 0.15) is 5.76 Å². The third-order valence-electron chi connectivity index (χ3n) is 1.54. The molecule has 0 saturated carbocycles. The molecular weight excluding hydrogens is 216 g/mol. The molecule has 0 aliphatic rings. The Bertz CT molecular complexity index is 424. The first kappa shape index (κ1) is 14.9. The summed E-state index contributed by atoms with van der Waals surface area (Å²) in [5.74, 6) is 1.05. The van der Waals surface area contributed by atoms with Crippen LogP contribution in [0.4, 0.5) is 0 Å². The number of rotatable bonds is 4. The van der Waals surface area contributed by atoms with E-state index >= 15 is 0 Å². The first-order valence-electron chi connectivity index (χ1n) is 5.44. The molecule has 1 N–H and O–H groups in total. The van der Waals surface area contributed by atoms with Crippen LogP contribution in [-0.2, 0) is 0 Å². The fraction of sp³-hybridized carbons (Fsp3) is 0.231. The average molecular weight is 234 g/mol. The number of ether oxygens (including phenoxy) is 1. The summed E-state index contributed by atoms with van der Waals surface area (Å²) in [6.45, 7) is 9.51. The standard InChI is InChI=1S/C11H12N2O2.C2H6/c1-3-5-6-9(4-2)15-10-7-12-11(14)13-8-10;1-2/h3-8H,2H2,1H3,(H,12,13,14);1-2H3/b5-3-,9-6+;. The third-order valence-corrected chi connectivity index (χ3v) is 1.54. The van der Waals surface area contributed by atoms with Gasteiger partial charge in [-0.1, -0.05) is 32.6 Å². The largest absolute Gasteiger partial charge is 0.454 e. The molecule has 0 unspecified atom stereocenters. The number of hydrogen-bond donors (Lipinski definition) is 1. The van der Waals surface area contributed by atoms with Gasteiger partial charge >= 0.3 is 5.69 Å². The lowest BCUT2D eigenvalue weighted by atomic mass is 10.4. The lowest BCUT2D eigenvalue weighted by Crippen LogP contribution is -2.08. The maximum absolute atomic E-state index is 10.7. The van der Waals surface area contributed by atoms with E-state index in [0.717, 1.165) is 0 Å². The van der Waals surface area contributed by atoms with Crippen LogP contribution in [0.1, 0.15) is 20.8 Å². The molecule has 1 heterocycles. The average Bonchev–Trinajstić information content (AvgIpc) is 2.39. The van der Waals surface area contributed by atoms with Crippen molar-refractivity contribution in [2.75, 3.05) is 0 Å². The highest BCUT2D eigenvalue weighted by molar-refractivity contribution is 5.23. The molecule has 0 aliphatic heterocycles. The molecule has 0 aliphatic carbocycles. The van der Waals surface area contributed by atoms with Crippen LogP contribution in [0.25, 0.3) is 0 Å². The molecule has 0 bridgehead atoms. The van der Waals surface area contributed by atoms with Gasteiger partial charge in [-0.05, 0) is 19.1 Å². The summed E-state index contributed by atoms with van der Waals surface area (Å²) < 4.78 is 5.38. The molecule has 0 saturated heterocycles. The van der Waals surface area contributed by atoms with Crippen molar-refractivity contribution in [3.63, 3.8) is 0 Å². The third kappa shape index (κ3) is 6.14. The van der Waals surface area contributed by atoms with E-state index in [0.29, 0.717) is 11.5 Å². The second-order valence-corrected chi connectivity index (χ2v) is 2.66. The maximum Gasteiger partial charge on any atom is 0.345 e. The van der Waals surface area contributed by atoms with Crippen molar-refractivity contribution in [3.05, 3.63) is 59.5 Å². The molecule has 0 spiro atoms. The Morgan fingerprint density at radius 1 is 1.53 bits per heavy atom. The molecule has 92 valence electrons. The van der Waals surface area contributed by atoms with Crippen molar-refractivity contribution < 1.29 is 4.74 Å². The van der Waals surface area contributed by atoms with E-state index < -0.39 is 5.69 Å². The zero-order chi connectivity index (χ0) is 13.1. The predicted octanol–water partition coefficient (Wildman–Crippen LogP) is 2.82. The lowest BCUT2D eigenvalue weighted by molar-refractivity contribution is 0.439. The van der Waals surface area contributed by atoms with Crippen LogP contribution in [0.2, 0.25) is 0 Å². The molecule has 0 radical (unpaired) electrons. The zero-order valence-electron chi connectivity index (χ0n) is 10.4. The molecule has 4 heteroatoms. The molecule has 0 amide bonds. The molecule has 0 fully saturated rings. The Labute approximate surface area is 101 Å². The predicted molar refractivity (Wildman–Crippen MR) is 69.9 cm³/mol. The molecule has 1 aromatic rings. The van der Waals surface area contributed by atoms with Crippen LogP contribution >= 0.6 is 0 Å². The molecule has 0 atom stereocenters. The van der Waals surface area contributed by atoms with E-state index in [1.807, 2.05) is 32.9 Å². The Hall–Kier alpha value is -2.10. The molecule has 4 nitrogen and oxygen atoms in total. The molecule has 0 aromatic carbocycles. The van der Waals surface area contributed by atoms with Gasteiger partial charge in [-0.2, -0.15) is 4.98 Å². The summed E-state index contributed by atoms with van der Waals surface area (Å²) in [4.78, 5) is 16.6. The van der Waals surface area contributed by atoms with Crippen LogP contribution in [0.3, 0.4) is 0 Å². The summed E-state index contributed by atoms with van der Waals surface area (Å²) in [6.07, 6.45) is 9.84. The summed E-state index contributed by atoms with van der Waals surface area (Å²) in [5.41, 5.74) is -0.403. The summed E-state index contributed by atoms with van der Waals surface area (Å²) in [7, 11) is 0. The van der Waals surface area contributed by atoms with Crippen LogP contribution in [0.5, 0.6) is 5.75 Å².